The van der Waals surface area contributed by atoms with Gasteiger partial charge in [-0.1, -0.05) is 6.07 Å². The SMILES string of the molecule is CS(=O)(=O)[O-].Cn1c(=O)oc2cc(CCC[N+]3(C)CCOCC3)ccc21. The van der Waals surface area contributed by atoms with Crippen LogP contribution in [-0.4, -0.2) is 68.2 Å². The van der Waals surface area contributed by atoms with E-state index in [1.165, 1.54) is 12.1 Å². The predicted octanol–water partition coefficient (Wildman–Crippen LogP) is 0.702. The standard InChI is InChI=1S/C16H23N2O3.CH4O3S/c1-17-14-6-5-13(12-15(14)21-16(17)19)4-3-7-18(2)8-10-20-11-9-18;1-5(2,3)4/h5-6,12H,3-4,7-11H2,1-2H3;1H3,(H,2,3,4)/q+1;/p-1. The van der Waals surface area contributed by atoms with Crippen molar-refractivity contribution < 1.29 is 26.6 Å². The summed E-state index contributed by atoms with van der Waals surface area (Å²) in [4.78, 5) is 11.5. The van der Waals surface area contributed by atoms with Gasteiger partial charge in [0, 0.05) is 19.7 Å². The van der Waals surface area contributed by atoms with Crippen molar-refractivity contribution >= 4 is 21.2 Å². The highest BCUT2D eigenvalue weighted by Gasteiger charge is 2.24. The van der Waals surface area contributed by atoms with Crippen LogP contribution < -0.4 is 5.76 Å². The Labute approximate surface area is 153 Å². The monoisotopic (exact) mass is 386 g/mol. The minimum atomic E-state index is -3.92. The summed E-state index contributed by atoms with van der Waals surface area (Å²) in [5, 5.41) is 0. The van der Waals surface area contributed by atoms with Gasteiger partial charge in [0.15, 0.2) is 5.58 Å². The third-order valence-electron chi connectivity index (χ3n) is 4.57. The highest BCUT2D eigenvalue weighted by molar-refractivity contribution is 7.84. The molecule has 26 heavy (non-hydrogen) atoms. The number of benzene rings is 1. The molecule has 0 unspecified atom stereocenters. The van der Waals surface area contributed by atoms with Gasteiger partial charge in [-0.15, -0.1) is 0 Å². The molecule has 2 heterocycles. The van der Waals surface area contributed by atoms with E-state index in [4.69, 9.17) is 22.1 Å². The van der Waals surface area contributed by atoms with Gasteiger partial charge in [-0.25, -0.2) is 13.2 Å². The van der Waals surface area contributed by atoms with E-state index in [0.29, 0.717) is 11.8 Å². The van der Waals surface area contributed by atoms with Crippen LogP contribution in [0.4, 0.5) is 0 Å². The number of morpholine rings is 1. The van der Waals surface area contributed by atoms with Crippen LogP contribution in [0.3, 0.4) is 0 Å². The molecule has 0 radical (unpaired) electrons. The van der Waals surface area contributed by atoms with Crippen molar-refractivity contribution in [1.82, 2.24) is 4.57 Å². The Bertz CT molecular complexity index is 886. The van der Waals surface area contributed by atoms with Gasteiger partial charge >= 0.3 is 5.76 Å². The van der Waals surface area contributed by atoms with E-state index in [-0.39, 0.29) is 5.76 Å². The summed E-state index contributed by atoms with van der Waals surface area (Å²) >= 11 is 0. The molecule has 1 aliphatic heterocycles. The zero-order chi connectivity index (χ0) is 19.4. The minimum absolute atomic E-state index is 0.298. The summed E-state index contributed by atoms with van der Waals surface area (Å²) in [5.74, 6) is -0.298. The molecule has 0 bridgehead atoms. The number of ether oxygens (including phenoxy) is 1. The van der Waals surface area contributed by atoms with E-state index in [0.717, 1.165) is 49.1 Å². The second-order valence-electron chi connectivity index (χ2n) is 6.94. The van der Waals surface area contributed by atoms with Gasteiger partial charge in [0.1, 0.15) is 13.1 Å². The Morgan fingerprint density at radius 3 is 2.50 bits per heavy atom. The van der Waals surface area contributed by atoms with E-state index >= 15 is 0 Å². The summed E-state index contributed by atoms with van der Waals surface area (Å²) in [6.07, 6.45) is 2.76. The summed E-state index contributed by atoms with van der Waals surface area (Å²) in [6, 6.07) is 6.06. The van der Waals surface area contributed by atoms with Gasteiger partial charge in [0.2, 0.25) is 0 Å². The van der Waals surface area contributed by atoms with Gasteiger partial charge in [0.05, 0.1) is 42.4 Å². The second-order valence-corrected chi connectivity index (χ2v) is 8.35. The van der Waals surface area contributed by atoms with Crippen LogP contribution in [0, 0.1) is 0 Å². The maximum absolute atomic E-state index is 11.5. The summed E-state index contributed by atoms with van der Waals surface area (Å²) in [7, 11) is 0.124. The number of hydrogen-bond donors (Lipinski definition) is 0. The lowest BCUT2D eigenvalue weighted by Gasteiger charge is -2.37. The third-order valence-corrected chi connectivity index (χ3v) is 4.57. The predicted molar refractivity (Wildman–Crippen MR) is 97.0 cm³/mol. The minimum Gasteiger partial charge on any atom is -0.748 e. The molecule has 8 nitrogen and oxygen atoms in total. The molecule has 1 aromatic carbocycles. The maximum Gasteiger partial charge on any atom is 0.419 e. The number of fused-ring (bicyclic) bond motifs is 1. The second kappa shape index (κ2) is 8.34. The van der Waals surface area contributed by atoms with Crippen LogP contribution in [0.2, 0.25) is 0 Å². The fraction of sp³-hybridized carbons (Fsp3) is 0.588. The average molecular weight is 386 g/mol. The van der Waals surface area contributed by atoms with Crippen LogP contribution >= 0.6 is 0 Å². The quantitative estimate of drug-likeness (QED) is 0.566. The summed E-state index contributed by atoms with van der Waals surface area (Å²) in [6.45, 7) is 5.12. The van der Waals surface area contributed by atoms with Crippen molar-refractivity contribution in [2.45, 2.75) is 12.8 Å². The first-order valence-electron chi connectivity index (χ1n) is 8.48. The topological polar surface area (TPSA) is 102 Å². The first-order chi connectivity index (χ1) is 12.1. The smallest absolute Gasteiger partial charge is 0.419 e. The van der Waals surface area contributed by atoms with Crippen molar-refractivity contribution in [3.8, 4) is 0 Å². The number of likely N-dealkylation sites (N-methyl/N-ethyl adjacent to an activating group) is 1. The lowest BCUT2D eigenvalue weighted by atomic mass is 10.1. The van der Waals surface area contributed by atoms with Gasteiger partial charge in [-0.3, -0.25) is 4.57 Å². The molecule has 1 fully saturated rings. The van der Waals surface area contributed by atoms with E-state index in [1.54, 1.807) is 11.6 Å². The summed E-state index contributed by atoms with van der Waals surface area (Å²) < 4.78 is 40.5. The van der Waals surface area contributed by atoms with E-state index in [1.807, 2.05) is 12.1 Å². The molecule has 1 aliphatic rings. The molecule has 9 heteroatoms. The molecular weight excluding hydrogens is 360 g/mol. The van der Waals surface area contributed by atoms with Gasteiger partial charge in [-0.05, 0) is 24.1 Å². The van der Waals surface area contributed by atoms with E-state index < -0.39 is 10.1 Å². The highest BCUT2D eigenvalue weighted by atomic mass is 32.2. The molecule has 146 valence electrons. The molecule has 0 atom stereocenters. The Morgan fingerprint density at radius 2 is 1.88 bits per heavy atom. The molecule has 1 saturated heterocycles. The zero-order valence-corrected chi connectivity index (χ0v) is 16.3. The lowest BCUT2D eigenvalue weighted by molar-refractivity contribution is -0.917. The number of hydrogen-bond acceptors (Lipinski definition) is 6. The van der Waals surface area contributed by atoms with Crippen molar-refractivity contribution in [2.24, 2.45) is 7.05 Å². The Kier molecular flexibility index (Phi) is 6.62. The van der Waals surface area contributed by atoms with Crippen LogP contribution in [0.1, 0.15) is 12.0 Å². The lowest BCUT2D eigenvalue weighted by Crippen LogP contribution is -2.52. The molecule has 3 rings (SSSR count). The normalized spacial score (nSPS) is 16.9. The number of nitrogens with zero attached hydrogens (tertiary/aromatic N) is 2. The van der Waals surface area contributed by atoms with Crippen LogP contribution in [0.5, 0.6) is 0 Å². The largest absolute Gasteiger partial charge is 0.748 e. The van der Waals surface area contributed by atoms with Crippen molar-refractivity contribution in [2.75, 3.05) is 46.2 Å². The third kappa shape index (κ3) is 6.24. The molecule has 0 aliphatic carbocycles. The molecule has 1 aromatic heterocycles. The Balaban J connectivity index is 0.000000431. The molecule has 0 amide bonds. The molecule has 0 N–H and O–H groups in total. The van der Waals surface area contributed by atoms with Gasteiger partial charge in [-0.2, -0.15) is 0 Å². The van der Waals surface area contributed by atoms with E-state index in [9.17, 15) is 4.79 Å². The van der Waals surface area contributed by atoms with Gasteiger partial charge in [0.25, 0.3) is 0 Å². The fourth-order valence-electron chi connectivity index (χ4n) is 3.01. The molecule has 0 saturated carbocycles. The Morgan fingerprint density at radius 1 is 1.27 bits per heavy atom. The number of aromatic nitrogens is 1. The summed E-state index contributed by atoms with van der Waals surface area (Å²) in [5.41, 5.74) is 2.78. The number of oxazole rings is 1. The van der Waals surface area contributed by atoms with Gasteiger partial charge < -0.3 is 18.2 Å². The number of quaternary nitrogens is 1. The first kappa shape index (κ1) is 20.6. The zero-order valence-electron chi connectivity index (χ0n) is 15.4. The molecular formula is C17H26N2O6S. The van der Waals surface area contributed by atoms with Crippen LogP contribution in [-0.2, 0) is 28.3 Å². The van der Waals surface area contributed by atoms with Crippen molar-refractivity contribution in [1.29, 1.82) is 0 Å². The Hall–Kier alpha value is -1.68. The highest BCUT2D eigenvalue weighted by Crippen LogP contribution is 2.16. The van der Waals surface area contributed by atoms with Crippen LogP contribution in [0.15, 0.2) is 27.4 Å². The van der Waals surface area contributed by atoms with Crippen LogP contribution in [0.25, 0.3) is 11.1 Å². The number of rotatable bonds is 4. The molecule has 2 aromatic rings. The van der Waals surface area contributed by atoms with E-state index in [2.05, 4.69) is 13.1 Å². The first-order valence-corrected chi connectivity index (χ1v) is 10.3. The fourth-order valence-corrected chi connectivity index (χ4v) is 3.01. The number of aryl methyl sites for hydroxylation is 2. The van der Waals surface area contributed by atoms with Crippen molar-refractivity contribution in [3.05, 3.63) is 34.3 Å². The van der Waals surface area contributed by atoms with Crippen molar-refractivity contribution in [3.63, 3.8) is 0 Å². The maximum atomic E-state index is 11.5. The molecule has 0 spiro atoms. The average Bonchev–Trinajstić information content (AvgIpc) is 2.80.